The van der Waals surface area contributed by atoms with Gasteiger partial charge in [-0.15, -0.1) is 0 Å². The quantitative estimate of drug-likeness (QED) is 0.429. The van der Waals surface area contributed by atoms with Crippen LogP contribution in [0.15, 0.2) is 54.7 Å². The summed E-state index contributed by atoms with van der Waals surface area (Å²) >= 11 is 0. The van der Waals surface area contributed by atoms with Gasteiger partial charge in [-0.25, -0.2) is 0 Å². The van der Waals surface area contributed by atoms with Crippen LogP contribution in [0.4, 0.5) is 0 Å². The molecule has 0 aliphatic heterocycles. The van der Waals surface area contributed by atoms with Crippen molar-refractivity contribution in [2.24, 2.45) is 5.92 Å². The van der Waals surface area contributed by atoms with Crippen LogP contribution < -0.4 is 0 Å². The van der Waals surface area contributed by atoms with Gasteiger partial charge in [0, 0.05) is 39.6 Å². The lowest BCUT2D eigenvalue weighted by Gasteiger charge is -2.40. The van der Waals surface area contributed by atoms with Crippen molar-refractivity contribution in [3.63, 3.8) is 0 Å². The maximum absolute atomic E-state index is 13.6. The SMILES string of the molecule is CCOC(=O)[C@@]12CCCC[C@@H]1[C@@H](c1c[nH]c3ccccc13)c1[nH]c3ccccc3c12. The number of carbonyl (C=O) groups is 1. The van der Waals surface area contributed by atoms with Crippen molar-refractivity contribution in [2.75, 3.05) is 6.61 Å². The van der Waals surface area contributed by atoms with Crippen LogP contribution in [0.5, 0.6) is 0 Å². The number of benzene rings is 2. The Morgan fingerprint density at radius 2 is 1.83 bits per heavy atom. The number of H-pyrrole nitrogens is 2. The second kappa shape index (κ2) is 6.49. The van der Waals surface area contributed by atoms with Crippen molar-refractivity contribution in [2.45, 2.75) is 43.9 Å². The summed E-state index contributed by atoms with van der Waals surface area (Å²) in [5.74, 6) is 0.340. The molecule has 1 fully saturated rings. The lowest BCUT2D eigenvalue weighted by atomic mass is 9.63. The highest BCUT2D eigenvalue weighted by Gasteiger charge is 2.60. The van der Waals surface area contributed by atoms with Crippen LogP contribution in [-0.2, 0) is 14.9 Å². The number of para-hydroxylation sites is 2. The van der Waals surface area contributed by atoms with E-state index in [9.17, 15) is 4.79 Å². The van der Waals surface area contributed by atoms with E-state index < -0.39 is 5.41 Å². The summed E-state index contributed by atoms with van der Waals surface area (Å²) in [5, 5.41) is 2.42. The van der Waals surface area contributed by atoms with Gasteiger partial charge in [-0.05, 0) is 48.9 Å². The minimum absolute atomic E-state index is 0.0388. The Balaban J connectivity index is 1.67. The van der Waals surface area contributed by atoms with Gasteiger partial charge in [0.15, 0.2) is 0 Å². The number of nitrogens with one attached hydrogen (secondary N) is 2. The zero-order valence-corrected chi connectivity index (χ0v) is 17.2. The Labute approximate surface area is 175 Å². The number of aromatic nitrogens is 2. The van der Waals surface area contributed by atoms with Crippen molar-refractivity contribution in [3.8, 4) is 0 Å². The first-order valence-electron chi connectivity index (χ1n) is 11.1. The fourth-order valence-corrected chi connectivity index (χ4v) is 6.38. The molecule has 4 nitrogen and oxygen atoms in total. The van der Waals surface area contributed by atoms with Gasteiger partial charge in [-0.3, -0.25) is 4.79 Å². The van der Waals surface area contributed by atoms with Crippen LogP contribution in [-0.4, -0.2) is 22.5 Å². The number of aromatic amines is 2. The number of esters is 1. The van der Waals surface area contributed by atoms with E-state index in [-0.39, 0.29) is 17.8 Å². The molecule has 2 aromatic carbocycles. The van der Waals surface area contributed by atoms with Gasteiger partial charge < -0.3 is 14.7 Å². The van der Waals surface area contributed by atoms with E-state index in [2.05, 4.69) is 64.7 Å². The summed E-state index contributed by atoms with van der Waals surface area (Å²) < 4.78 is 5.75. The highest BCUT2D eigenvalue weighted by molar-refractivity contribution is 5.97. The number of fused-ring (bicyclic) bond motifs is 6. The largest absolute Gasteiger partial charge is 0.465 e. The second-order valence-corrected chi connectivity index (χ2v) is 8.77. The molecule has 2 aromatic heterocycles. The molecule has 30 heavy (non-hydrogen) atoms. The van der Waals surface area contributed by atoms with Crippen molar-refractivity contribution < 1.29 is 9.53 Å². The summed E-state index contributed by atoms with van der Waals surface area (Å²) in [5.41, 5.74) is 5.38. The van der Waals surface area contributed by atoms with Crippen molar-refractivity contribution in [1.82, 2.24) is 9.97 Å². The molecule has 0 radical (unpaired) electrons. The molecule has 6 rings (SSSR count). The van der Waals surface area contributed by atoms with Crippen LogP contribution in [0.2, 0.25) is 0 Å². The molecule has 4 aromatic rings. The van der Waals surface area contributed by atoms with E-state index in [1.807, 2.05) is 6.92 Å². The fourth-order valence-electron chi connectivity index (χ4n) is 6.38. The fraction of sp³-hybridized carbons (Fsp3) is 0.346. The van der Waals surface area contributed by atoms with Crippen LogP contribution in [0, 0.1) is 5.92 Å². The molecule has 2 heterocycles. The van der Waals surface area contributed by atoms with Gasteiger partial charge in [0.2, 0.25) is 0 Å². The van der Waals surface area contributed by atoms with E-state index in [4.69, 9.17) is 4.74 Å². The van der Waals surface area contributed by atoms with Crippen LogP contribution in [0.1, 0.15) is 55.3 Å². The van der Waals surface area contributed by atoms with E-state index in [0.29, 0.717) is 6.61 Å². The highest BCUT2D eigenvalue weighted by Crippen LogP contribution is 2.62. The van der Waals surface area contributed by atoms with Gasteiger partial charge >= 0.3 is 5.97 Å². The first kappa shape index (κ1) is 17.8. The van der Waals surface area contributed by atoms with Crippen LogP contribution in [0.25, 0.3) is 21.8 Å². The molecule has 1 saturated carbocycles. The third-order valence-electron chi connectivity index (χ3n) is 7.46. The molecule has 2 N–H and O–H groups in total. The number of hydrogen-bond acceptors (Lipinski definition) is 2. The maximum Gasteiger partial charge on any atom is 0.316 e. The third-order valence-corrected chi connectivity index (χ3v) is 7.46. The Morgan fingerprint density at radius 3 is 2.67 bits per heavy atom. The van der Waals surface area contributed by atoms with Crippen molar-refractivity contribution >= 4 is 27.8 Å². The van der Waals surface area contributed by atoms with E-state index >= 15 is 0 Å². The Morgan fingerprint density at radius 1 is 1.07 bits per heavy atom. The molecule has 0 bridgehead atoms. The number of carbonyl (C=O) groups excluding carboxylic acids is 1. The molecule has 3 atom stereocenters. The smallest absolute Gasteiger partial charge is 0.316 e. The average molecular weight is 399 g/mol. The zero-order chi connectivity index (χ0) is 20.3. The molecule has 2 aliphatic rings. The summed E-state index contributed by atoms with van der Waals surface area (Å²) in [6, 6.07) is 16.9. The lowest BCUT2D eigenvalue weighted by molar-refractivity contribution is -0.153. The van der Waals surface area contributed by atoms with Crippen molar-refractivity contribution in [1.29, 1.82) is 0 Å². The molecule has 4 heteroatoms. The topological polar surface area (TPSA) is 57.9 Å². The molecular formula is C26H26N2O2. The van der Waals surface area contributed by atoms with E-state index in [1.54, 1.807) is 0 Å². The zero-order valence-electron chi connectivity index (χ0n) is 17.2. The van der Waals surface area contributed by atoms with Gasteiger partial charge in [0.25, 0.3) is 0 Å². The molecule has 0 unspecified atom stereocenters. The van der Waals surface area contributed by atoms with Gasteiger partial charge in [0.1, 0.15) is 0 Å². The maximum atomic E-state index is 13.6. The molecule has 0 spiro atoms. The van der Waals surface area contributed by atoms with Gasteiger partial charge in [-0.2, -0.15) is 0 Å². The molecule has 152 valence electrons. The van der Waals surface area contributed by atoms with E-state index in [0.717, 1.165) is 36.7 Å². The molecule has 0 amide bonds. The summed E-state index contributed by atoms with van der Waals surface area (Å²) in [7, 11) is 0. The summed E-state index contributed by atoms with van der Waals surface area (Å²) in [4.78, 5) is 20.8. The minimum Gasteiger partial charge on any atom is -0.465 e. The van der Waals surface area contributed by atoms with Crippen molar-refractivity contribution in [3.05, 3.63) is 71.5 Å². The third kappa shape index (κ3) is 2.19. The Hall–Kier alpha value is -3.01. The summed E-state index contributed by atoms with van der Waals surface area (Å²) in [6.45, 7) is 2.33. The number of rotatable bonds is 3. The monoisotopic (exact) mass is 398 g/mol. The van der Waals surface area contributed by atoms with Crippen LogP contribution in [0.3, 0.4) is 0 Å². The second-order valence-electron chi connectivity index (χ2n) is 8.77. The normalized spacial score (nSPS) is 25.4. The first-order valence-corrected chi connectivity index (χ1v) is 11.1. The molecule has 0 saturated heterocycles. The minimum atomic E-state index is -0.563. The predicted molar refractivity (Wildman–Crippen MR) is 119 cm³/mol. The van der Waals surface area contributed by atoms with Gasteiger partial charge in [0.05, 0.1) is 12.0 Å². The molecular weight excluding hydrogens is 372 g/mol. The average Bonchev–Trinajstić information content (AvgIpc) is 3.44. The number of ether oxygens (including phenoxy) is 1. The summed E-state index contributed by atoms with van der Waals surface area (Å²) in [6.07, 6.45) is 6.28. The number of hydrogen-bond donors (Lipinski definition) is 2. The first-order chi connectivity index (χ1) is 14.8. The Bertz CT molecular complexity index is 1270. The predicted octanol–water partition coefficient (Wildman–Crippen LogP) is 5.79. The lowest BCUT2D eigenvalue weighted by Crippen LogP contribution is -2.44. The molecule has 2 aliphatic carbocycles. The Kier molecular flexibility index (Phi) is 3.86. The highest BCUT2D eigenvalue weighted by atomic mass is 16.5. The van der Waals surface area contributed by atoms with E-state index in [1.165, 1.54) is 27.6 Å². The van der Waals surface area contributed by atoms with Crippen LogP contribution >= 0.6 is 0 Å². The standard InChI is InChI=1S/C26H26N2O2/c1-2-30-25(29)26-14-8-7-11-19(26)22(18-15-27-20-12-5-3-9-16(18)20)24-23(26)17-10-4-6-13-21(17)28-24/h3-6,9-10,12-13,15,19,22,27-28H,2,7-8,11,14H2,1H3/t19-,22-,26+/m1/s1. The van der Waals surface area contributed by atoms with Gasteiger partial charge in [-0.1, -0.05) is 49.2 Å².